The molecule has 0 bridgehead atoms. The number of allylic oxidation sites excluding steroid dienone is 4. The summed E-state index contributed by atoms with van der Waals surface area (Å²) in [6.45, 7) is 8.79. The molecule has 1 unspecified atom stereocenters. The number of benzene rings is 1. The van der Waals surface area contributed by atoms with E-state index in [2.05, 4.69) is 62.2 Å². The second-order valence-electron chi connectivity index (χ2n) is 5.59. The zero-order valence-corrected chi connectivity index (χ0v) is 13.4. The topological polar surface area (TPSA) is 27.1 Å². The normalized spacial score (nSPS) is 22.2. The largest absolute Gasteiger partial charge is 0.317 e. The van der Waals surface area contributed by atoms with Crippen molar-refractivity contribution >= 4 is 11.9 Å². The van der Waals surface area contributed by atoms with Crippen molar-refractivity contribution in [2.45, 2.75) is 39.5 Å². The lowest BCUT2D eigenvalue weighted by Gasteiger charge is -2.42. The van der Waals surface area contributed by atoms with Gasteiger partial charge in [-0.05, 0) is 49.6 Å². The fraction of sp³-hybridized carbons (Fsp3) is 0.316. The quantitative estimate of drug-likeness (QED) is 0.755. The van der Waals surface area contributed by atoms with Gasteiger partial charge in [0.15, 0.2) is 0 Å². The van der Waals surface area contributed by atoms with Crippen LogP contribution in [0.5, 0.6) is 0 Å². The molecule has 1 heterocycles. The lowest BCUT2D eigenvalue weighted by molar-refractivity contribution is 0.524. The third kappa shape index (κ3) is 2.46. The van der Waals surface area contributed by atoms with Gasteiger partial charge in [-0.3, -0.25) is 0 Å². The first-order valence-electron chi connectivity index (χ1n) is 7.50. The lowest BCUT2D eigenvalue weighted by atomic mass is 9.70. The number of para-hydroxylation sites is 1. The molecular weight excluding hydrogens is 256 g/mol. The first kappa shape index (κ1) is 15.3. The average molecular weight is 280 g/mol. The summed E-state index contributed by atoms with van der Waals surface area (Å²) in [7, 11) is 0. The monoisotopic (exact) mass is 280 g/mol. The summed E-state index contributed by atoms with van der Waals surface area (Å²) in [5.41, 5.74) is 5.15. The van der Waals surface area contributed by atoms with E-state index in [1.165, 1.54) is 28.7 Å². The van der Waals surface area contributed by atoms with Crippen molar-refractivity contribution in [2.75, 3.05) is 4.90 Å². The smallest absolute Gasteiger partial charge is 0.0496 e. The number of hydrogen-bond acceptors (Lipinski definition) is 2. The molecule has 0 fully saturated rings. The van der Waals surface area contributed by atoms with E-state index in [4.69, 9.17) is 5.41 Å². The molecule has 1 atom stereocenters. The second kappa shape index (κ2) is 6.13. The molecule has 0 aliphatic carbocycles. The Bertz CT molecular complexity index is 622. The van der Waals surface area contributed by atoms with Crippen molar-refractivity contribution in [1.82, 2.24) is 0 Å². The molecule has 1 aliphatic heterocycles. The molecule has 0 amide bonds. The van der Waals surface area contributed by atoms with Gasteiger partial charge in [-0.15, -0.1) is 0 Å². The van der Waals surface area contributed by atoms with Crippen molar-refractivity contribution in [3.8, 4) is 0 Å². The van der Waals surface area contributed by atoms with E-state index < -0.39 is 0 Å². The molecule has 0 radical (unpaired) electrons. The predicted octanol–water partition coefficient (Wildman–Crippen LogP) is 5.19. The SMILES string of the molecule is C/C=C/N1C(/C=C\C=N)=C(C)C(C)(CC)c2ccccc21. The molecule has 21 heavy (non-hydrogen) atoms. The molecule has 1 aromatic carbocycles. The minimum Gasteiger partial charge on any atom is -0.317 e. The summed E-state index contributed by atoms with van der Waals surface area (Å²) < 4.78 is 0. The average Bonchev–Trinajstić information content (AvgIpc) is 2.52. The Hall–Kier alpha value is -2.09. The van der Waals surface area contributed by atoms with Crippen LogP contribution >= 0.6 is 0 Å². The van der Waals surface area contributed by atoms with Crippen LogP contribution in [0.3, 0.4) is 0 Å². The third-order valence-corrected chi connectivity index (χ3v) is 4.59. The van der Waals surface area contributed by atoms with Crippen LogP contribution in [0, 0.1) is 5.41 Å². The van der Waals surface area contributed by atoms with Crippen molar-refractivity contribution in [1.29, 1.82) is 5.41 Å². The van der Waals surface area contributed by atoms with Crippen LogP contribution in [-0.2, 0) is 5.41 Å². The molecule has 2 rings (SSSR count). The summed E-state index contributed by atoms with van der Waals surface area (Å²) in [5, 5.41) is 7.27. The number of nitrogens with one attached hydrogen (secondary N) is 1. The van der Waals surface area contributed by atoms with Gasteiger partial charge in [-0.25, -0.2) is 0 Å². The Balaban J connectivity index is 2.75. The zero-order chi connectivity index (χ0) is 15.5. The van der Waals surface area contributed by atoms with Gasteiger partial charge in [-0.1, -0.05) is 38.1 Å². The first-order valence-corrected chi connectivity index (χ1v) is 7.50. The second-order valence-corrected chi connectivity index (χ2v) is 5.59. The van der Waals surface area contributed by atoms with E-state index in [1.807, 2.05) is 13.0 Å². The number of rotatable bonds is 4. The van der Waals surface area contributed by atoms with Gasteiger partial charge >= 0.3 is 0 Å². The molecule has 2 nitrogen and oxygen atoms in total. The fourth-order valence-corrected chi connectivity index (χ4v) is 3.06. The molecular formula is C19H24N2. The summed E-state index contributed by atoms with van der Waals surface area (Å²) in [6.07, 6.45) is 10.4. The highest BCUT2D eigenvalue weighted by Gasteiger charge is 2.36. The maximum atomic E-state index is 7.27. The van der Waals surface area contributed by atoms with Gasteiger partial charge in [0.05, 0.1) is 0 Å². The summed E-state index contributed by atoms with van der Waals surface area (Å²) in [5.74, 6) is 0. The molecule has 1 aliphatic rings. The van der Waals surface area contributed by atoms with Crippen LogP contribution in [-0.4, -0.2) is 6.21 Å². The van der Waals surface area contributed by atoms with Gasteiger partial charge in [0.1, 0.15) is 0 Å². The molecule has 2 heteroatoms. The van der Waals surface area contributed by atoms with E-state index in [9.17, 15) is 0 Å². The van der Waals surface area contributed by atoms with Crippen molar-refractivity contribution in [3.63, 3.8) is 0 Å². The Morgan fingerprint density at radius 1 is 1.29 bits per heavy atom. The van der Waals surface area contributed by atoms with Gasteiger partial charge in [-0.2, -0.15) is 0 Å². The standard InChI is InChI=1S/C19H24N2/c1-5-14-21-17(12-9-13-20)15(3)19(4,6-2)16-10-7-8-11-18(16)21/h5,7-14,20H,6H2,1-4H3/b12-9-,14-5+,20-13?. The van der Waals surface area contributed by atoms with Gasteiger partial charge in [0.2, 0.25) is 0 Å². The van der Waals surface area contributed by atoms with Crippen LogP contribution < -0.4 is 4.90 Å². The van der Waals surface area contributed by atoms with Crippen molar-refractivity contribution < 1.29 is 0 Å². The van der Waals surface area contributed by atoms with Crippen LogP contribution in [0.25, 0.3) is 0 Å². The van der Waals surface area contributed by atoms with Gasteiger partial charge < -0.3 is 10.3 Å². The maximum Gasteiger partial charge on any atom is 0.0496 e. The van der Waals surface area contributed by atoms with E-state index in [1.54, 1.807) is 6.08 Å². The molecule has 0 spiro atoms. The summed E-state index contributed by atoms with van der Waals surface area (Å²) in [4.78, 5) is 2.22. The highest BCUT2D eigenvalue weighted by atomic mass is 15.1. The molecule has 0 saturated heterocycles. The van der Waals surface area contributed by atoms with Crippen LogP contribution in [0.1, 0.15) is 39.7 Å². The fourth-order valence-electron chi connectivity index (χ4n) is 3.06. The number of fused-ring (bicyclic) bond motifs is 1. The lowest BCUT2D eigenvalue weighted by Crippen LogP contribution is -2.34. The van der Waals surface area contributed by atoms with Gasteiger partial charge in [0.25, 0.3) is 0 Å². The molecule has 1 N–H and O–H groups in total. The number of nitrogens with zero attached hydrogens (tertiary/aromatic N) is 1. The highest BCUT2D eigenvalue weighted by molar-refractivity contribution is 5.74. The van der Waals surface area contributed by atoms with Gasteiger partial charge in [0, 0.05) is 29.2 Å². The molecule has 110 valence electrons. The zero-order valence-electron chi connectivity index (χ0n) is 13.4. The minimum absolute atomic E-state index is 0.0381. The number of anilines is 1. The predicted molar refractivity (Wildman–Crippen MR) is 92.0 cm³/mol. The Labute approximate surface area is 128 Å². The third-order valence-electron chi connectivity index (χ3n) is 4.59. The van der Waals surface area contributed by atoms with E-state index in [0.717, 1.165) is 6.42 Å². The summed E-state index contributed by atoms with van der Waals surface area (Å²) >= 11 is 0. The van der Waals surface area contributed by atoms with Crippen LogP contribution in [0.2, 0.25) is 0 Å². The highest BCUT2D eigenvalue weighted by Crippen LogP contribution is 2.47. The Morgan fingerprint density at radius 2 is 2.00 bits per heavy atom. The minimum atomic E-state index is 0.0381. The van der Waals surface area contributed by atoms with E-state index in [0.29, 0.717) is 0 Å². The van der Waals surface area contributed by atoms with E-state index >= 15 is 0 Å². The van der Waals surface area contributed by atoms with Crippen LogP contribution in [0.15, 0.2) is 60.0 Å². The number of hydrogen-bond donors (Lipinski definition) is 1. The Kier molecular flexibility index (Phi) is 4.46. The van der Waals surface area contributed by atoms with Crippen molar-refractivity contribution in [2.24, 2.45) is 0 Å². The molecule has 1 aromatic rings. The van der Waals surface area contributed by atoms with E-state index in [-0.39, 0.29) is 5.41 Å². The molecule has 0 saturated carbocycles. The van der Waals surface area contributed by atoms with Crippen molar-refractivity contribution in [3.05, 3.63) is 65.5 Å². The van der Waals surface area contributed by atoms with Crippen LogP contribution in [0.4, 0.5) is 5.69 Å². The molecule has 0 aromatic heterocycles. The first-order chi connectivity index (χ1) is 10.1. The maximum absolute atomic E-state index is 7.27. The summed E-state index contributed by atoms with van der Waals surface area (Å²) in [6, 6.07) is 8.61. The Morgan fingerprint density at radius 3 is 2.62 bits per heavy atom.